The minimum Gasteiger partial charge on any atom is -0.493 e. The van der Waals surface area contributed by atoms with Gasteiger partial charge < -0.3 is 15.2 Å². The largest absolute Gasteiger partial charge is 0.493 e. The summed E-state index contributed by atoms with van der Waals surface area (Å²) in [5.74, 6) is 0.873. The van der Waals surface area contributed by atoms with Crippen molar-refractivity contribution in [2.45, 2.75) is 38.8 Å². The first kappa shape index (κ1) is 14.0. The van der Waals surface area contributed by atoms with Gasteiger partial charge >= 0.3 is 0 Å². The third-order valence-electron chi connectivity index (χ3n) is 2.85. The average Bonchev–Trinajstić information content (AvgIpc) is 2.38. The fourth-order valence-corrected chi connectivity index (χ4v) is 1.87. The summed E-state index contributed by atoms with van der Waals surface area (Å²) >= 11 is 0. The summed E-state index contributed by atoms with van der Waals surface area (Å²) in [7, 11) is 1.70. The molecule has 2 N–H and O–H groups in total. The lowest BCUT2D eigenvalue weighted by Gasteiger charge is -2.23. The molecule has 0 aromatic heterocycles. The summed E-state index contributed by atoms with van der Waals surface area (Å²) in [6.07, 6.45) is 1.91. The molecule has 2 atom stereocenters. The summed E-state index contributed by atoms with van der Waals surface area (Å²) in [6, 6.07) is 7.79. The van der Waals surface area contributed by atoms with Gasteiger partial charge in [-0.05, 0) is 18.9 Å². The molecule has 0 saturated heterocycles. The maximum absolute atomic E-state index is 6.23. The van der Waals surface area contributed by atoms with Crippen molar-refractivity contribution in [2.24, 2.45) is 5.73 Å². The minimum atomic E-state index is -0.141. The van der Waals surface area contributed by atoms with Crippen LogP contribution in [0.5, 0.6) is 5.75 Å². The molecule has 1 aromatic carbocycles. The van der Waals surface area contributed by atoms with Crippen LogP contribution >= 0.6 is 0 Å². The van der Waals surface area contributed by atoms with Crippen molar-refractivity contribution in [3.63, 3.8) is 0 Å². The van der Waals surface area contributed by atoms with Crippen molar-refractivity contribution in [1.29, 1.82) is 0 Å². The van der Waals surface area contributed by atoms with Gasteiger partial charge in [-0.1, -0.05) is 32.0 Å². The van der Waals surface area contributed by atoms with E-state index in [2.05, 4.69) is 13.8 Å². The Morgan fingerprint density at radius 2 is 1.94 bits per heavy atom. The van der Waals surface area contributed by atoms with E-state index in [1.165, 1.54) is 0 Å². The smallest absolute Gasteiger partial charge is 0.124 e. The molecule has 1 aromatic rings. The number of para-hydroxylation sites is 1. The second kappa shape index (κ2) is 7.30. The number of hydrogen-bond acceptors (Lipinski definition) is 3. The predicted octanol–water partition coefficient (Wildman–Crippen LogP) is 2.90. The van der Waals surface area contributed by atoms with Crippen molar-refractivity contribution >= 4 is 0 Å². The van der Waals surface area contributed by atoms with Gasteiger partial charge in [0.1, 0.15) is 5.75 Å². The van der Waals surface area contributed by atoms with Crippen LogP contribution in [0.15, 0.2) is 24.3 Å². The molecule has 0 saturated carbocycles. The number of rotatable bonds is 7. The van der Waals surface area contributed by atoms with Gasteiger partial charge in [0.2, 0.25) is 0 Å². The van der Waals surface area contributed by atoms with Crippen molar-refractivity contribution in [2.75, 3.05) is 13.7 Å². The molecule has 0 amide bonds. The lowest BCUT2D eigenvalue weighted by molar-refractivity contribution is 0.0762. The van der Waals surface area contributed by atoms with Crippen molar-refractivity contribution in [1.82, 2.24) is 0 Å². The third-order valence-corrected chi connectivity index (χ3v) is 2.85. The van der Waals surface area contributed by atoms with Gasteiger partial charge in [0.15, 0.2) is 0 Å². The Labute approximate surface area is 104 Å². The Bertz CT molecular complexity index is 324. The Morgan fingerprint density at radius 1 is 1.24 bits per heavy atom. The van der Waals surface area contributed by atoms with Crippen LogP contribution in [-0.2, 0) is 4.74 Å². The summed E-state index contributed by atoms with van der Waals surface area (Å²) in [6.45, 7) is 4.88. The van der Waals surface area contributed by atoms with Crippen LogP contribution in [0.4, 0.5) is 0 Å². The molecule has 0 bridgehead atoms. The predicted molar refractivity (Wildman–Crippen MR) is 70.2 cm³/mol. The Hall–Kier alpha value is -1.06. The monoisotopic (exact) mass is 237 g/mol. The van der Waals surface area contributed by atoms with Gasteiger partial charge in [0.05, 0.1) is 18.8 Å². The topological polar surface area (TPSA) is 44.5 Å². The van der Waals surface area contributed by atoms with Crippen molar-refractivity contribution in [3.05, 3.63) is 29.8 Å². The number of methoxy groups -OCH3 is 1. The van der Waals surface area contributed by atoms with E-state index in [0.29, 0.717) is 6.61 Å². The lowest BCUT2D eigenvalue weighted by Crippen LogP contribution is -2.27. The molecule has 3 nitrogen and oxygen atoms in total. The molecule has 96 valence electrons. The molecule has 0 aliphatic carbocycles. The van der Waals surface area contributed by atoms with Gasteiger partial charge in [-0.25, -0.2) is 0 Å². The normalized spacial score (nSPS) is 14.4. The maximum Gasteiger partial charge on any atom is 0.124 e. The van der Waals surface area contributed by atoms with Crippen LogP contribution in [-0.4, -0.2) is 19.8 Å². The van der Waals surface area contributed by atoms with E-state index >= 15 is 0 Å². The van der Waals surface area contributed by atoms with Crippen molar-refractivity contribution < 1.29 is 9.47 Å². The molecule has 0 aliphatic rings. The van der Waals surface area contributed by atoms with Crippen LogP contribution in [0.1, 0.15) is 38.3 Å². The highest BCUT2D eigenvalue weighted by Crippen LogP contribution is 2.27. The van der Waals surface area contributed by atoms with E-state index in [-0.39, 0.29) is 12.1 Å². The zero-order valence-electron chi connectivity index (χ0n) is 11.0. The first-order chi connectivity index (χ1) is 8.24. The minimum absolute atomic E-state index is 0.0291. The molecular formula is C14H23NO2. The molecular weight excluding hydrogens is 214 g/mol. The van der Waals surface area contributed by atoms with E-state index < -0.39 is 0 Å². The van der Waals surface area contributed by atoms with Gasteiger partial charge in [-0.15, -0.1) is 0 Å². The van der Waals surface area contributed by atoms with Gasteiger partial charge in [-0.3, -0.25) is 0 Å². The van der Waals surface area contributed by atoms with Crippen LogP contribution in [0, 0.1) is 0 Å². The van der Waals surface area contributed by atoms with Crippen LogP contribution in [0.3, 0.4) is 0 Å². The summed E-state index contributed by atoms with van der Waals surface area (Å²) in [5.41, 5.74) is 7.25. The maximum atomic E-state index is 6.23. The average molecular weight is 237 g/mol. The Morgan fingerprint density at radius 3 is 2.53 bits per heavy atom. The first-order valence-corrected chi connectivity index (χ1v) is 6.24. The van der Waals surface area contributed by atoms with E-state index in [0.717, 1.165) is 24.2 Å². The second-order valence-electron chi connectivity index (χ2n) is 4.09. The zero-order valence-corrected chi connectivity index (χ0v) is 11.0. The number of hydrogen-bond donors (Lipinski definition) is 1. The SMILES string of the molecule is CCCOc1ccccc1C(N)C(CC)OC. The molecule has 3 heteroatoms. The van der Waals surface area contributed by atoms with Crippen LogP contribution < -0.4 is 10.5 Å². The molecule has 2 unspecified atom stereocenters. The molecule has 0 aliphatic heterocycles. The van der Waals surface area contributed by atoms with Gasteiger partial charge in [-0.2, -0.15) is 0 Å². The highest BCUT2D eigenvalue weighted by Gasteiger charge is 2.20. The van der Waals surface area contributed by atoms with Crippen LogP contribution in [0.25, 0.3) is 0 Å². The van der Waals surface area contributed by atoms with Gasteiger partial charge in [0, 0.05) is 12.7 Å². The third kappa shape index (κ3) is 3.72. The molecule has 0 heterocycles. The molecule has 17 heavy (non-hydrogen) atoms. The Balaban J connectivity index is 2.87. The highest BCUT2D eigenvalue weighted by molar-refractivity contribution is 5.36. The van der Waals surface area contributed by atoms with Crippen LogP contribution in [0.2, 0.25) is 0 Å². The first-order valence-electron chi connectivity index (χ1n) is 6.24. The van der Waals surface area contributed by atoms with Crippen molar-refractivity contribution in [3.8, 4) is 5.75 Å². The summed E-state index contributed by atoms with van der Waals surface area (Å²) in [4.78, 5) is 0. The number of ether oxygens (including phenoxy) is 2. The lowest BCUT2D eigenvalue weighted by atomic mass is 9.99. The van der Waals surface area contributed by atoms with E-state index in [1.54, 1.807) is 7.11 Å². The number of benzene rings is 1. The van der Waals surface area contributed by atoms with E-state index in [4.69, 9.17) is 15.2 Å². The van der Waals surface area contributed by atoms with Gasteiger partial charge in [0.25, 0.3) is 0 Å². The zero-order chi connectivity index (χ0) is 12.7. The summed E-state index contributed by atoms with van der Waals surface area (Å²) < 4.78 is 11.1. The number of nitrogens with two attached hydrogens (primary N) is 1. The fraction of sp³-hybridized carbons (Fsp3) is 0.571. The molecule has 0 spiro atoms. The second-order valence-corrected chi connectivity index (χ2v) is 4.09. The molecule has 0 radical (unpaired) electrons. The Kier molecular flexibility index (Phi) is 6.01. The molecule has 0 fully saturated rings. The molecule has 1 rings (SSSR count). The van der Waals surface area contributed by atoms with E-state index in [1.807, 2.05) is 24.3 Å². The summed E-state index contributed by atoms with van der Waals surface area (Å²) in [5, 5.41) is 0. The standard InChI is InChI=1S/C14H23NO2/c1-4-10-17-13-9-7-6-8-11(13)14(15)12(5-2)16-3/h6-9,12,14H,4-5,10,15H2,1-3H3. The quantitative estimate of drug-likeness (QED) is 0.793. The fourth-order valence-electron chi connectivity index (χ4n) is 1.87. The highest BCUT2D eigenvalue weighted by atomic mass is 16.5. The van der Waals surface area contributed by atoms with E-state index in [9.17, 15) is 0 Å².